The standard InChI is InChI=1S/C18H18F2N2O2/c1-13(23)21-10-9-18(24)22(16-5-3-2-4-6-16)12-14-11-15(19)7-8-17(14)20/h2-8,11H,9-10,12H2,1H3,(H,21,23). The van der Waals surface area contributed by atoms with E-state index in [1.165, 1.54) is 11.8 Å². The van der Waals surface area contributed by atoms with Gasteiger partial charge in [-0.25, -0.2) is 8.78 Å². The zero-order chi connectivity index (χ0) is 17.5. The first kappa shape index (κ1) is 17.6. The van der Waals surface area contributed by atoms with Crippen molar-refractivity contribution in [1.29, 1.82) is 0 Å². The molecule has 0 aliphatic rings. The third-order valence-corrected chi connectivity index (χ3v) is 3.42. The number of hydrogen-bond acceptors (Lipinski definition) is 2. The first-order chi connectivity index (χ1) is 11.5. The van der Waals surface area contributed by atoms with E-state index in [1.807, 2.05) is 0 Å². The van der Waals surface area contributed by atoms with Crippen molar-refractivity contribution in [1.82, 2.24) is 5.32 Å². The molecule has 6 heteroatoms. The number of para-hydroxylation sites is 1. The van der Waals surface area contributed by atoms with E-state index in [0.29, 0.717) is 5.69 Å². The first-order valence-corrected chi connectivity index (χ1v) is 7.51. The van der Waals surface area contributed by atoms with Gasteiger partial charge in [0.2, 0.25) is 11.8 Å². The Kier molecular flexibility index (Phi) is 6.01. The molecule has 24 heavy (non-hydrogen) atoms. The Bertz CT molecular complexity index is 720. The second kappa shape index (κ2) is 8.19. The van der Waals surface area contributed by atoms with Crippen LogP contribution in [0, 0.1) is 11.6 Å². The summed E-state index contributed by atoms with van der Waals surface area (Å²) in [7, 11) is 0. The number of benzene rings is 2. The van der Waals surface area contributed by atoms with Crippen LogP contribution in [-0.2, 0) is 16.1 Å². The molecule has 126 valence electrons. The Morgan fingerprint density at radius 1 is 1.08 bits per heavy atom. The van der Waals surface area contributed by atoms with Crippen LogP contribution in [0.15, 0.2) is 48.5 Å². The maximum absolute atomic E-state index is 13.9. The molecule has 0 unspecified atom stereocenters. The average molecular weight is 332 g/mol. The molecule has 0 radical (unpaired) electrons. The summed E-state index contributed by atoms with van der Waals surface area (Å²) in [5.74, 6) is -1.67. The van der Waals surface area contributed by atoms with Gasteiger partial charge in [-0.2, -0.15) is 0 Å². The van der Waals surface area contributed by atoms with Crippen LogP contribution in [0.1, 0.15) is 18.9 Å². The number of nitrogens with zero attached hydrogens (tertiary/aromatic N) is 1. The van der Waals surface area contributed by atoms with Gasteiger partial charge in [-0.15, -0.1) is 0 Å². The number of carbonyl (C=O) groups excluding carboxylic acids is 2. The van der Waals surface area contributed by atoms with Crippen LogP contribution in [0.25, 0.3) is 0 Å². The molecular formula is C18H18F2N2O2. The van der Waals surface area contributed by atoms with Crippen molar-refractivity contribution in [3.05, 3.63) is 65.7 Å². The van der Waals surface area contributed by atoms with Gasteiger partial charge in [-0.1, -0.05) is 18.2 Å². The summed E-state index contributed by atoms with van der Waals surface area (Å²) in [6.07, 6.45) is 0.0609. The average Bonchev–Trinajstić information content (AvgIpc) is 2.56. The Morgan fingerprint density at radius 3 is 2.46 bits per heavy atom. The Morgan fingerprint density at radius 2 is 1.79 bits per heavy atom. The van der Waals surface area contributed by atoms with Crippen LogP contribution < -0.4 is 10.2 Å². The normalized spacial score (nSPS) is 10.3. The molecule has 0 saturated heterocycles. The Hall–Kier alpha value is -2.76. The van der Waals surface area contributed by atoms with E-state index in [9.17, 15) is 18.4 Å². The summed E-state index contributed by atoms with van der Waals surface area (Å²) in [4.78, 5) is 24.8. The fourth-order valence-corrected chi connectivity index (χ4v) is 2.25. The smallest absolute Gasteiger partial charge is 0.229 e. The summed E-state index contributed by atoms with van der Waals surface area (Å²) in [6, 6.07) is 11.9. The molecule has 0 fully saturated rings. The summed E-state index contributed by atoms with van der Waals surface area (Å²) in [5, 5.41) is 2.55. The molecule has 4 nitrogen and oxygen atoms in total. The highest BCUT2D eigenvalue weighted by Crippen LogP contribution is 2.20. The molecule has 0 heterocycles. The lowest BCUT2D eigenvalue weighted by atomic mass is 10.1. The molecule has 0 atom stereocenters. The fraction of sp³-hybridized carbons (Fsp3) is 0.222. The minimum atomic E-state index is -0.577. The molecule has 0 aliphatic carbocycles. The number of halogens is 2. The monoisotopic (exact) mass is 332 g/mol. The van der Waals surface area contributed by atoms with E-state index in [1.54, 1.807) is 30.3 Å². The largest absolute Gasteiger partial charge is 0.356 e. The van der Waals surface area contributed by atoms with E-state index < -0.39 is 11.6 Å². The van der Waals surface area contributed by atoms with Gasteiger partial charge in [0, 0.05) is 31.1 Å². The number of hydrogen-bond donors (Lipinski definition) is 1. The van der Waals surface area contributed by atoms with Crippen LogP contribution in [0.4, 0.5) is 14.5 Å². The van der Waals surface area contributed by atoms with Gasteiger partial charge in [-0.3, -0.25) is 9.59 Å². The van der Waals surface area contributed by atoms with Crippen LogP contribution in [0.2, 0.25) is 0 Å². The van der Waals surface area contributed by atoms with Crippen molar-refractivity contribution >= 4 is 17.5 Å². The van der Waals surface area contributed by atoms with Gasteiger partial charge in [0.25, 0.3) is 0 Å². The topological polar surface area (TPSA) is 49.4 Å². The molecule has 2 rings (SSSR count). The Balaban J connectivity index is 2.21. The Labute approximate surface area is 139 Å². The van der Waals surface area contributed by atoms with Crippen molar-refractivity contribution in [2.75, 3.05) is 11.4 Å². The second-order valence-corrected chi connectivity index (χ2v) is 5.28. The third-order valence-electron chi connectivity index (χ3n) is 3.42. The molecule has 1 N–H and O–H groups in total. The van der Waals surface area contributed by atoms with E-state index in [-0.39, 0.29) is 36.9 Å². The van der Waals surface area contributed by atoms with Gasteiger partial charge in [0.05, 0.1) is 6.54 Å². The number of nitrogens with one attached hydrogen (secondary N) is 1. The zero-order valence-electron chi connectivity index (χ0n) is 13.3. The van der Waals surface area contributed by atoms with Crippen LogP contribution in [-0.4, -0.2) is 18.4 Å². The molecule has 0 spiro atoms. The van der Waals surface area contributed by atoms with E-state index in [0.717, 1.165) is 18.2 Å². The zero-order valence-corrected chi connectivity index (χ0v) is 13.3. The van der Waals surface area contributed by atoms with Gasteiger partial charge in [0.15, 0.2) is 0 Å². The number of carbonyl (C=O) groups is 2. The lowest BCUT2D eigenvalue weighted by Gasteiger charge is -2.23. The number of amides is 2. The highest BCUT2D eigenvalue weighted by Gasteiger charge is 2.18. The van der Waals surface area contributed by atoms with Crippen molar-refractivity contribution in [2.24, 2.45) is 0 Å². The second-order valence-electron chi connectivity index (χ2n) is 5.28. The quantitative estimate of drug-likeness (QED) is 0.884. The van der Waals surface area contributed by atoms with E-state index >= 15 is 0 Å². The maximum atomic E-state index is 13.9. The van der Waals surface area contributed by atoms with Gasteiger partial charge in [0.1, 0.15) is 11.6 Å². The molecule has 0 bridgehead atoms. The maximum Gasteiger partial charge on any atom is 0.229 e. The molecule has 2 aromatic rings. The van der Waals surface area contributed by atoms with Gasteiger partial charge in [-0.05, 0) is 30.3 Å². The third kappa shape index (κ3) is 4.87. The summed E-state index contributed by atoms with van der Waals surface area (Å²) >= 11 is 0. The van der Waals surface area contributed by atoms with Crippen molar-refractivity contribution in [2.45, 2.75) is 19.9 Å². The molecule has 0 saturated carbocycles. The SMILES string of the molecule is CC(=O)NCCC(=O)N(Cc1cc(F)ccc1F)c1ccccc1. The molecule has 0 aromatic heterocycles. The number of anilines is 1. The predicted molar refractivity (Wildman–Crippen MR) is 87.3 cm³/mol. The minimum absolute atomic E-state index is 0.0609. The minimum Gasteiger partial charge on any atom is -0.356 e. The van der Waals surface area contributed by atoms with Crippen molar-refractivity contribution in [3.63, 3.8) is 0 Å². The summed E-state index contributed by atoms with van der Waals surface area (Å²) in [6.45, 7) is 1.46. The molecule has 2 amide bonds. The van der Waals surface area contributed by atoms with E-state index in [4.69, 9.17) is 0 Å². The first-order valence-electron chi connectivity index (χ1n) is 7.51. The molecule has 0 aliphatic heterocycles. The lowest BCUT2D eigenvalue weighted by molar-refractivity contribution is -0.120. The summed E-state index contributed by atoms with van der Waals surface area (Å²) in [5.41, 5.74) is 0.667. The summed E-state index contributed by atoms with van der Waals surface area (Å²) < 4.78 is 27.3. The van der Waals surface area contributed by atoms with E-state index in [2.05, 4.69) is 5.32 Å². The molecule has 2 aromatic carbocycles. The highest BCUT2D eigenvalue weighted by atomic mass is 19.1. The lowest BCUT2D eigenvalue weighted by Crippen LogP contribution is -2.34. The predicted octanol–water partition coefficient (Wildman–Crippen LogP) is 3.02. The van der Waals surface area contributed by atoms with Crippen molar-refractivity contribution in [3.8, 4) is 0 Å². The van der Waals surface area contributed by atoms with Crippen molar-refractivity contribution < 1.29 is 18.4 Å². The van der Waals surface area contributed by atoms with Gasteiger partial charge >= 0.3 is 0 Å². The van der Waals surface area contributed by atoms with Crippen LogP contribution in [0.3, 0.4) is 0 Å². The van der Waals surface area contributed by atoms with Crippen LogP contribution >= 0.6 is 0 Å². The highest BCUT2D eigenvalue weighted by molar-refractivity contribution is 5.93. The number of rotatable bonds is 6. The molecular weight excluding hydrogens is 314 g/mol. The van der Waals surface area contributed by atoms with Gasteiger partial charge < -0.3 is 10.2 Å². The van der Waals surface area contributed by atoms with Crippen LogP contribution in [0.5, 0.6) is 0 Å². The fourth-order valence-electron chi connectivity index (χ4n) is 2.25.